The first-order valence-corrected chi connectivity index (χ1v) is 23.2. The number of halogens is 2. The maximum atomic E-state index is 15.4. The Balaban J connectivity index is 0.698. The van der Waals surface area contributed by atoms with E-state index in [9.17, 15) is 38.0 Å². The van der Waals surface area contributed by atoms with Crippen LogP contribution in [0.5, 0.6) is 28.7 Å². The number of amides is 7. The summed E-state index contributed by atoms with van der Waals surface area (Å²) in [5.41, 5.74) is -0.219. The number of aromatic nitrogens is 1. The number of nitrogens with one attached hydrogen (secondary N) is 4. The third-order valence-electron chi connectivity index (χ3n) is 12.0. The van der Waals surface area contributed by atoms with Crippen molar-refractivity contribution in [2.75, 3.05) is 63.9 Å². The Kier molecular flexibility index (Phi) is 15.9. The van der Waals surface area contributed by atoms with E-state index in [2.05, 4.69) is 26.3 Å². The van der Waals surface area contributed by atoms with Gasteiger partial charge in [-0.25, -0.2) is 8.78 Å². The molecule has 2 fully saturated rings. The number of benzene rings is 4. The lowest BCUT2D eigenvalue weighted by atomic mass is 10.0. The third-order valence-corrected chi connectivity index (χ3v) is 12.0. The van der Waals surface area contributed by atoms with Crippen LogP contribution in [0.4, 0.5) is 20.2 Å². The van der Waals surface area contributed by atoms with Gasteiger partial charge in [0, 0.05) is 74.2 Å². The minimum atomic E-state index is -1.32. The lowest BCUT2D eigenvalue weighted by molar-refractivity contribution is -0.136. The lowest BCUT2D eigenvalue weighted by Gasteiger charge is -2.27. The predicted octanol–water partition coefficient (Wildman–Crippen LogP) is 5.85. The number of pyridine rings is 1. The Labute approximate surface area is 410 Å². The topological polar surface area (TPSA) is 239 Å². The second-order valence-electron chi connectivity index (χ2n) is 16.9. The van der Waals surface area contributed by atoms with Crippen LogP contribution in [0.25, 0.3) is 10.9 Å². The first-order valence-electron chi connectivity index (χ1n) is 23.2. The number of nitrogens with zero attached hydrogens (tertiary/aromatic N) is 2. The molecule has 5 aromatic rings. The molecule has 376 valence electrons. The van der Waals surface area contributed by atoms with Crippen molar-refractivity contribution >= 4 is 63.6 Å². The summed E-state index contributed by atoms with van der Waals surface area (Å²) in [5.74, 6) is -3.97. The fourth-order valence-electron chi connectivity index (χ4n) is 8.01. The Morgan fingerprint density at radius 3 is 2.18 bits per heavy atom. The van der Waals surface area contributed by atoms with Gasteiger partial charge in [0.1, 0.15) is 35.4 Å². The van der Waals surface area contributed by atoms with Crippen molar-refractivity contribution in [3.8, 4) is 28.7 Å². The highest BCUT2D eigenvalue weighted by Gasteiger charge is 2.56. The number of fused-ring (bicyclic) bond motifs is 2. The Morgan fingerprint density at radius 1 is 0.750 bits per heavy atom. The van der Waals surface area contributed by atoms with Gasteiger partial charge in [0.05, 0.1) is 43.5 Å². The molecule has 1 atom stereocenters. The molecule has 19 nitrogen and oxygen atoms in total. The van der Waals surface area contributed by atoms with Crippen molar-refractivity contribution in [2.24, 2.45) is 5.41 Å². The summed E-state index contributed by atoms with van der Waals surface area (Å²) in [6, 6.07) is 17.5. The Morgan fingerprint density at radius 2 is 1.46 bits per heavy atom. The quantitative estimate of drug-likeness (QED) is 0.0322. The smallest absolute Gasteiger partial charge is 0.266 e. The molecule has 4 aromatic carbocycles. The summed E-state index contributed by atoms with van der Waals surface area (Å²) < 4.78 is 63.3. The van der Waals surface area contributed by atoms with Gasteiger partial charge in [0.25, 0.3) is 11.8 Å². The van der Waals surface area contributed by atoms with Gasteiger partial charge >= 0.3 is 0 Å². The van der Waals surface area contributed by atoms with E-state index in [-0.39, 0.29) is 79.0 Å². The van der Waals surface area contributed by atoms with Crippen molar-refractivity contribution in [3.63, 3.8) is 0 Å². The molecule has 7 amide bonds. The van der Waals surface area contributed by atoms with E-state index in [1.165, 1.54) is 61.8 Å². The number of hydrogen-bond donors (Lipinski definition) is 4. The number of methoxy groups -OCH3 is 1. The fourth-order valence-corrected chi connectivity index (χ4v) is 8.01. The zero-order valence-corrected chi connectivity index (χ0v) is 39.0. The molecular weight excluding hydrogens is 943 g/mol. The molecule has 3 heterocycles. The molecule has 0 radical (unpaired) electrons. The predicted molar refractivity (Wildman–Crippen MR) is 253 cm³/mol. The van der Waals surface area contributed by atoms with Gasteiger partial charge in [0.2, 0.25) is 29.5 Å². The summed E-state index contributed by atoms with van der Waals surface area (Å²) in [5, 5.41) is 10.7. The van der Waals surface area contributed by atoms with Gasteiger partial charge in [-0.15, -0.1) is 0 Å². The zero-order valence-electron chi connectivity index (χ0n) is 39.0. The van der Waals surface area contributed by atoms with Crippen molar-refractivity contribution in [2.45, 2.75) is 51.0 Å². The second kappa shape index (κ2) is 22.8. The summed E-state index contributed by atoms with van der Waals surface area (Å²) in [7, 11) is 1.49. The normalized spacial score (nSPS) is 15.7. The summed E-state index contributed by atoms with van der Waals surface area (Å²) in [6.45, 7) is 1.84. The molecule has 0 bridgehead atoms. The van der Waals surface area contributed by atoms with E-state index in [1.807, 2.05) is 0 Å². The molecule has 1 saturated heterocycles. The van der Waals surface area contributed by atoms with Crippen LogP contribution in [0, 0.1) is 17.0 Å². The number of ether oxygens (including phenoxy) is 6. The van der Waals surface area contributed by atoms with Crippen molar-refractivity contribution < 1.29 is 70.8 Å². The number of imide groups is 2. The van der Waals surface area contributed by atoms with Gasteiger partial charge in [-0.3, -0.25) is 48.8 Å². The highest BCUT2D eigenvalue weighted by atomic mass is 19.1. The van der Waals surface area contributed by atoms with Crippen LogP contribution in [0.15, 0.2) is 85.1 Å². The first-order chi connectivity index (χ1) is 34.8. The molecule has 1 saturated carbocycles. The maximum Gasteiger partial charge on any atom is 0.266 e. The van der Waals surface area contributed by atoms with E-state index in [1.54, 1.807) is 24.3 Å². The number of piperidine rings is 1. The van der Waals surface area contributed by atoms with Crippen LogP contribution >= 0.6 is 0 Å². The summed E-state index contributed by atoms with van der Waals surface area (Å²) in [6.07, 6.45) is 3.44. The van der Waals surface area contributed by atoms with Crippen molar-refractivity contribution in [1.29, 1.82) is 0 Å². The molecule has 1 aromatic heterocycles. The average molecular weight is 993 g/mol. The molecule has 1 unspecified atom stereocenters. The number of carbonyl (C=O) groups is 7. The monoisotopic (exact) mass is 992 g/mol. The lowest BCUT2D eigenvalue weighted by Crippen LogP contribution is -2.54. The van der Waals surface area contributed by atoms with Gasteiger partial charge in [0.15, 0.2) is 23.1 Å². The van der Waals surface area contributed by atoms with Crippen LogP contribution in [-0.4, -0.2) is 111 Å². The standard InChI is InChI=1S/C51H50F2N6O13/c1-67-41-28-34-36(54-19-15-38(34)72-39-13-11-32(27-35(39)53)57-50(66)51(17-18-51)49(65)56-31-9-7-30(52)8-10-31)29-42(41)70-24-4-23-68-21-3-22-69-25-16-43(60)55-20-26-71-40-6-2-5-33-45(40)48(64)59(47(33)63)37-12-14-44(61)58-46(37)62/h2,5-11,13,15,19,27-29,37H,3-4,12,14,16-18,20-26H2,1H3,(H,55,60)(H,56,65)(H,57,66)(H,58,61,62). The molecular formula is C51H50F2N6O13. The van der Waals surface area contributed by atoms with Crippen LogP contribution in [0.2, 0.25) is 0 Å². The molecule has 4 N–H and O–H groups in total. The van der Waals surface area contributed by atoms with Gasteiger partial charge in [-0.1, -0.05) is 6.07 Å². The van der Waals surface area contributed by atoms with E-state index < -0.39 is 58.5 Å². The minimum Gasteiger partial charge on any atom is -0.493 e. The van der Waals surface area contributed by atoms with E-state index >= 15 is 4.39 Å². The Bertz CT molecular complexity index is 2900. The van der Waals surface area contributed by atoms with Gasteiger partial charge in [-0.05, 0) is 86.3 Å². The van der Waals surface area contributed by atoms with Crippen LogP contribution in [0.3, 0.4) is 0 Å². The highest BCUT2D eigenvalue weighted by molar-refractivity contribution is 6.24. The van der Waals surface area contributed by atoms with Crippen molar-refractivity contribution in [1.82, 2.24) is 20.5 Å². The molecule has 8 rings (SSSR count). The largest absolute Gasteiger partial charge is 0.493 e. The minimum absolute atomic E-state index is 0.00909. The maximum absolute atomic E-state index is 15.4. The number of carbonyl (C=O) groups excluding carboxylic acids is 7. The second-order valence-corrected chi connectivity index (χ2v) is 16.9. The molecule has 21 heteroatoms. The van der Waals surface area contributed by atoms with E-state index in [0.717, 1.165) is 11.0 Å². The average Bonchev–Trinajstić information content (AvgIpc) is 4.15. The summed E-state index contributed by atoms with van der Waals surface area (Å²) >= 11 is 0. The van der Waals surface area contributed by atoms with Crippen LogP contribution < -0.4 is 40.2 Å². The molecule has 0 spiro atoms. The third kappa shape index (κ3) is 11.8. The molecule has 2 aliphatic heterocycles. The molecule has 3 aliphatic rings. The highest BCUT2D eigenvalue weighted by Crippen LogP contribution is 2.48. The van der Waals surface area contributed by atoms with Crippen LogP contribution in [0.1, 0.15) is 65.7 Å². The number of rotatable bonds is 24. The molecule has 1 aliphatic carbocycles. The van der Waals surface area contributed by atoms with Gasteiger partial charge < -0.3 is 44.4 Å². The fraction of sp³-hybridized carbons (Fsp3) is 0.333. The number of anilines is 2. The van der Waals surface area contributed by atoms with Crippen LogP contribution in [-0.2, 0) is 33.4 Å². The SMILES string of the molecule is COc1cc2c(Oc3ccc(NC(=O)C4(C(=O)Nc5ccc(F)cc5)CC4)cc3F)ccnc2cc1OCCCOCCCOCCC(=O)NCCOc1cccc2c1C(=O)N(C1CCC(=O)NC1=O)C2=O. The number of hydrogen-bond acceptors (Lipinski definition) is 14. The van der Waals surface area contributed by atoms with Crippen molar-refractivity contribution in [3.05, 3.63) is 108 Å². The van der Waals surface area contributed by atoms with Gasteiger partial charge in [-0.2, -0.15) is 0 Å². The molecule has 72 heavy (non-hydrogen) atoms. The zero-order chi connectivity index (χ0) is 50.8. The Hall–Kier alpha value is -8.04. The first kappa shape index (κ1) is 50.4. The van der Waals surface area contributed by atoms with E-state index in [4.69, 9.17) is 28.4 Å². The van der Waals surface area contributed by atoms with E-state index in [0.29, 0.717) is 80.2 Å². The summed E-state index contributed by atoms with van der Waals surface area (Å²) in [4.78, 5) is 93.9.